The minimum absolute atomic E-state index is 1.93. The molecule has 0 heterocycles. The van der Waals surface area contributed by atoms with Gasteiger partial charge in [0.25, 0.3) is 0 Å². The fraction of sp³-hybridized carbons (Fsp3) is 1.00. The Morgan fingerprint density at radius 3 is 1.00 bits per heavy atom. The van der Waals surface area contributed by atoms with Crippen LogP contribution in [-0.4, -0.2) is 48.8 Å². The summed E-state index contributed by atoms with van der Waals surface area (Å²) in [6, 6.07) is 0. The Balaban J connectivity index is 6.77. The highest BCUT2D eigenvalue weighted by atomic mass is 19.4. The van der Waals surface area contributed by atoms with Gasteiger partial charge in [0.1, 0.15) is 6.61 Å². The van der Waals surface area contributed by atoms with Crippen LogP contribution in [0, 0.1) is 0 Å². The van der Waals surface area contributed by atoms with Gasteiger partial charge < -0.3 is 4.74 Å². The molecule has 0 fully saturated rings. The summed E-state index contributed by atoms with van der Waals surface area (Å²) in [4.78, 5) is 0. The van der Waals surface area contributed by atoms with Crippen LogP contribution in [-0.2, 0) is 4.74 Å². The average Bonchev–Trinajstić information content (AvgIpc) is 2.29. The Morgan fingerprint density at radius 2 is 0.800 bits per heavy atom. The molecule has 1 nitrogen and oxygen atoms in total. The van der Waals surface area contributed by atoms with Gasteiger partial charge in [0.2, 0.25) is 0 Å². The van der Waals surface area contributed by atoms with E-state index in [2.05, 4.69) is 0 Å². The molecule has 0 saturated carbocycles. The summed E-state index contributed by atoms with van der Waals surface area (Å²) in [5.41, 5.74) is -8.17. The molecule has 0 aliphatic heterocycles. The molecule has 0 amide bonds. The highest BCUT2D eigenvalue weighted by Crippen LogP contribution is 2.62. The zero-order valence-corrected chi connectivity index (χ0v) is 10.7. The molecule has 0 bridgehead atoms. The molecule has 0 aromatic carbocycles. The third-order valence-corrected chi connectivity index (χ3v) is 2.42. The van der Waals surface area contributed by atoms with Crippen LogP contribution in [0.4, 0.5) is 70.2 Å². The SMILES string of the molecule is FC(F)(F)COC(F)(C(F)(F)C(F)(F)F)C(F)(C(F)(F)F)C(F)(F)F. The molecule has 0 N–H and O–H groups in total. The van der Waals surface area contributed by atoms with Crippen molar-refractivity contribution in [1.29, 1.82) is 0 Å². The summed E-state index contributed by atoms with van der Waals surface area (Å²) in [5, 5.41) is 0. The van der Waals surface area contributed by atoms with E-state index in [1.165, 1.54) is 0 Å². The van der Waals surface area contributed by atoms with Crippen molar-refractivity contribution >= 4 is 0 Å². The predicted octanol–water partition coefficient (Wildman–Crippen LogP) is 5.26. The first-order valence-electron chi connectivity index (χ1n) is 5.12. The molecule has 0 aliphatic carbocycles. The van der Waals surface area contributed by atoms with Crippen LogP contribution in [0.1, 0.15) is 0 Å². The zero-order valence-electron chi connectivity index (χ0n) is 10.7. The lowest BCUT2D eigenvalue weighted by Gasteiger charge is -2.44. The van der Waals surface area contributed by atoms with Crippen molar-refractivity contribution in [2.75, 3.05) is 6.61 Å². The van der Waals surface area contributed by atoms with Gasteiger partial charge in [0, 0.05) is 0 Å². The topological polar surface area (TPSA) is 9.23 Å². The normalized spacial score (nSPS) is 18.2. The van der Waals surface area contributed by atoms with E-state index in [9.17, 15) is 70.2 Å². The molecule has 0 rings (SSSR count). The quantitative estimate of drug-likeness (QED) is 0.566. The van der Waals surface area contributed by atoms with Gasteiger partial charge in [0.05, 0.1) is 0 Å². The highest BCUT2D eigenvalue weighted by Gasteiger charge is 2.94. The van der Waals surface area contributed by atoms with Crippen molar-refractivity contribution in [2.45, 2.75) is 42.2 Å². The van der Waals surface area contributed by atoms with Crippen LogP contribution in [0.3, 0.4) is 0 Å². The van der Waals surface area contributed by atoms with Crippen molar-refractivity contribution < 1.29 is 75.0 Å². The van der Waals surface area contributed by atoms with Gasteiger partial charge in [-0.3, -0.25) is 0 Å². The molecule has 25 heavy (non-hydrogen) atoms. The summed E-state index contributed by atoms with van der Waals surface area (Å²) >= 11 is 0. The first kappa shape index (κ1) is 23.8. The number of alkyl halides is 16. The van der Waals surface area contributed by atoms with E-state index < -0.39 is 48.8 Å². The molecule has 0 aliphatic rings. The van der Waals surface area contributed by atoms with E-state index in [0.29, 0.717) is 0 Å². The molecular formula is C8H2F16O. The Kier molecular flexibility index (Phi) is 5.66. The lowest BCUT2D eigenvalue weighted by molar-refractivity contribution is -0.485. The molecule has 152 valence electrons. The van der Waals surface area contributed by atoms with Crippen LogP contribution < -0.4 is 0 Å². The van der Waals surface area contributed by atoms with E-state index in [1.807, 2.05) is 4.74 Å². The van der Waals surface area contributed by atoms with Gasteiger partial charge in [-0.15, -0.1) is 0 Å². The third kappa shape index (κ3) is 3.84. The summed E-state index contributed by atoms with van der Waals surface area (Å²) in [5.74, 6) is -15.9. The second-order valence-corrected chi connectivity index (χ2v) is 4.23. The highest BCUT2D eigenvalue weighted by molar-refractivity contribution is 5.13. The van der Waals surface area contributed by atoms with Gasteiger partial charge in [-0.1, -0.05) is 0 Å². The van der Waals surface area contributed by atoms with E-state index in [0.717, 1.165) is 0 Å². The molecule has 0 aromatic rings. The fourth-order valence-electron chi connectivity index (χ4n) is 1.30. The lowest BCUT2D eigenvalue weighted by atomic mass is 9.88. The molecule has 0 spiro atoms. The van der Waals surface area contributed by atoms with E-state index >= 15 is 0 Å². The molecule has 1 atom stereocenters. The second kappa shape index (κ2) is 5.94. The van der Waals surface area contributed by atoms with Crippen LogP contribution in [0.2, 0.25) is 0 Å². The van der Waals surface area contributed by atoms with Gasteiger partial charge >= 0.3 is 42.2 Å². The fourth-order valence-corrected chi connectivity index (χ4v) is 1.30. The van der Waals surface area contributed by atoms with Crippen molar-refractivity contribution in [2.24, 2.45) is 0 Å². The summed E-state index contributed by atoms with van der Waals surface area (Å²) in [6.07, 6.45) is -29.7. The van der Waals surface area contributed by atoms with Crippen LogP contribution >= 0.6 is 0 Å². The van der Waals surface area contributed by atoms with Crippen molar-refractivity contribution in [3.63, 3.8) is 0 Å². The standard InChI is InChI=1S/C8H2F16O/c9-2(10,11)1-25-5(15,4(13,14)8(22,23)24)3(12,6(16,17)18)7(19,20)21/h1H2. The summed E-state index contributed by atoms with van der Waals surface area (Å²) < 4.78 is 199. The molecular weight excluding hydrogens is 416 g/mol. The molecule has 0 aromatic heterocycles. The van der Waals surface area contributed by atoms with Crippen molar-refractivity contribution in [1.82, 2.24) is 0 Å². The van der Waals surface area contributed by atoms with Crippen molar-refractivity contribution in [3.8, 4) is 0 Å². The maximum atomic E-state index is 13.6. The van der Waals surface area contributed by atoms with E-state index in [4.69, 9.17) is 0 Å². The minimum Gasteiger partial charge on any atom is -0.328 e. The molecule has 0 radical (unpaired) electrons. The Labute approximate surface area is 125 Å². The van der Waals surface area contributed by atoms with Crippen LogP contribution in [0.25, 0.3) is 0 Å². The Bertz CT molecular complexity index is 450. The van der Waals surface area contributed by atoms with Gasteiger partial charge in [-0.05, 0) is 0 Å². The zero-order chi connectivity index (χ0) is 20.9. The monoisotopic (exact) mass is 418 g/mol. The Hall–Kier alpha value is -1.16. The van der Waals surface area contributed by atoms with Crippen molar-refractivity contribution in [3.05, 3.63) is 0 Å². The Morgan fingerprint density at radius 1 is 0.480 bits per heavy atom. The number of halogens is 16. The largest absolute Gasteiger partial charge is 0.459 e. The van der Waals surface area contributed by atoms with E-state index in [1.54, 1.807) is 0 Å². The van der Waals surface area contributed by atoms with Gasteiger partial charge in [0.15, 0.2) is 0 Å². The summed E-state index contributed by atoms with van der Waals surface area (Å²) in [6.45, 7) is -3.83. The number of rotatable bonds is 4. The predicted molar refractivity (Wildman–Crippen MR) is 42.8 cm³/mol. The molecule has 0 saturated heterocycles. The minimum atomic E-state index is -8.17. The maximum absolute atomic E-state index is 13.6. The van der Waals surface area contributed by atoms with Crippen LogP contribution in [0.15, 0.2) is 0 Å². The number of hydrogen-bond acceptors (Lipinski definition) is 1. The smallest absolute Gasteiger partial charge is 0.328 e. The number of ether oxygens (including phenoxy) is 1. The summed E-state index contributed by atoms with van der Waals surface area (Å²) in [7, 11) is 0. The van der Waals surface area contributed by atoms with Crippen LogP contribution in [0.5, 0.6) is 0 Å². The second-order valence-electron chi connectivity index (χ2n) is 4.23. The van der Waals surface area contributed by atoms with E-state index in [-0.39, 0.29) is 0 Å². The maximum Gasteiger partial charge on any atom is 0.459 e. The van der Waals surface area contributed by atoms with Gasteiger partial charge in [-0.2, -0.15) is 61.5 Å². The first-order valence-corrected chi connectivity index (χ1v) is 5.12. The molecule has 17 heteroatoms. The lowest BCUT2D eigenvalue weighted by Crippen LogP contribution is -2.76. The van der Waals surface area contributed by atoms with Gasteiger partial charge in [-0.25, -0.2) is 8.78 Å². The third-order valence-electron chi connectivity index (χ3n) is 2.42. The first-order chi connectivity index (χ1) is 10.5. The molecule has 1 unspecified atom stereocenters. The number of hydrogen-bond donors (Lipinski definition) is 0. The average molecular weight is 418 g/mol.